The van der Waals surface area contributed by atoms with E-state index < -0.39 is 14.0 Å². The van der Waals surface area contributed by atoms with Crippen LogP contribution in [0, 0.1) is 18.8 Å². The van der Waals surface area contributed by atoms with Crippen LogP contribution >= 0.6 is 0 Å². The van der Waals surface area contributed by atoms with Crippen molar-refractivity contribution in [2.45, 2.75) is 85.8 Å². The summed E-state index contributed by atoms with van der Waals surface area (Å²) in [5.74, 6) is -0.0187. The zero-order valence-electron chi connectivity index (χ0n) is 24.0. The first-order chi connectivity index (χ1) is 17.1. The van der Waals surface area contributed by atoms with E-state index in [1.165, 1.54) is 21.5 Å². The molecule has 0 aliphatic rings. The lowest BCUT2D eigenvalue weighted by molar-refractivity contribution is 0.279. The molecule has 0 saturated heterocycles. The first-order valence-electron chi connectivity index (χ1n) is 14.0. The van der Waals surface area contributed by atoms with Gasteiger partial charge in [0, 0.05) is 23.9 Å². The smallest absolute Gasteiger partial charge is 0.144 e. The standard InChI is InChI=1S/C32H43NOSi/c1-9-22(10-2)30(23(11-3)12-4)24-17-18-33-27(20-24)25-14-16-29(35(6,7)8)31-26-19-21(5)13-15-28(26)34-32(25)31/h13-20,22-23,30H,9-12H2,1-8H3/i30D. The van der Waals surface area contributed by atoms with E-state index in [2.05, 4.69) is 96.7 Å². The van der Waals surface area contributed by atoms with E-state index in [1.54, 1.807) is 0 Å². The second-order valence-electron chi connectivity index (χ2n) is 11.1. The van der Waals surface area contributed by atoms with E-state index in [0.717, 1.165) is 53.7 Å². The van der Waals surface area contributed by atoms with Crippen molar-refractivity contribution in [1.82, 2.24) is 4.98 Å². The Balaban J connectivity index is 1.99. The molecule has 0 unspecified atom stereocenters. The number of rotatable bonds is 9. The predicted molar refractivity (Wildman–Crippen MR) is 156 cm³/mol. The molecular formula is C32H43NOSi. The molecular weight excluding hydrogens is 442 g/mol. The molecule has 4 aromatic rings. The van der Waals surface area contributed by atoms with Gasteiger partial charge in [-0.1, -0.05) is 90.7 Å². The van der Waals surface area contributed by atoms with Gasteiger partial charge in [0.1, 0.15) is 11.2 Å². The van der Waals surface area contributed by atoms with Crippen molar-refractivity contribution < 1.29 is 5.79 Å². The molecule has 0 fully saturated rings. The molecule has 0 atom stereocenters. The van der Waals surface area contributed by atoms with Gasteiger partial charge in [-0.3, -0.25) is 4.98 Å². The average Bonchev–Trinajstić information content (AvgIpc) is 3.23. The Morgan fingerprint density at radius 1 is 0.886 bits per heavy atom. The summed E-state index contributed by atoms with van der Waals surface area (Å²) in [5, 5.41) is 3.87. The predicted octanol–water partition coefficient (Wildman–Crippen LogP) is 9.46. The third-order valence-electron chi connectivity index (χ3n) is 7.80. The second-order valence-corrected chi connectivity index (χ2v) is 16.2. The molecule has 0 N–H and O–H groups in total. The van der Waals surface area contributed by atoms with Gasteiger partial charge in [0.05, 0.1) is 13.8 Å². The van der Waals surface area contributed by atoms with Crippen molar-refractivity contribution in [2.75, 3.05) is 0 Å². The monoisotopic (exact) mass is 486 g/mol. The van der Waals surface area contributed by atoms with Gasteiger partial charge in [-0.05, 0) is 65.7 Å². The van der Waals surface area contributed by atoms with Crippen LogP contribution in [0.2, 0.25) is 19.6 Å². The average molecular weight is 487 g/mol. The minimum absolute atomic E-state index is 0.307. The Bertz CT molecular complexity index is 1350. The number of aryl methyl sites for hydroxylation is 1. The van der Waals surface area contributed by atoms with Gasteiger partial charge in [-0.15, -0.1) is 0 Å². The van der Waals surface area contributed by atoms with E-state index in [4.69, 9.17) is 9.40 Å². The van der Waals surface area contributed by atoms with Gasteiger partial charge in [0.15, 0.2) is 0 Å². The number of hydrogen-bond acceptors (Lipinski definition) is 2. The molecule has 2 heterocycles. The summed E-state index contributed by atoms with van der Waals surface area (Å²) < 4.78 is 16.4. The van der Waals surface area contributed by atoms with E-state index in [9.17, 15) is 1.37 Å². The Hall–Kier alpha value is -2.39. The molecule has 0 amide bonds. The summed E-state index contributed by atoms with van der Waals surface area (Å²) in [7, 11) is -1.62. The summed E-state index contributed by atoms with van der Waals surface area (Å²) in [5.41, 5.74) is 6.13. The lowest BCUT2D eigenvalue weighted by Gasteiger charge is -2.32. The van der Waals surface area contributed by atoms with Crippen molar-refractivity contribution in [3.8, 4) is 11.3 Å². The van der Waals surface area contributed by atoms with Crippen LogP contribution in [-0.4, -0.2) is 13.1 Å². The SMILES string of the molecule is [2H]C(c1ccnc(-c2ccc([Si](C)(C)C)c3c2oc2ccc(C)cc23)c1)(C(CC)CC)C(CC)CC. The Morgan fingerprint density at radius 3 is 2.14 bits per heavy atom. The molecule has 35 heavy (non-hydrogen) atoms. The normalized spacial score (nSPS) is 13.4. The first-order valence-corrected chi connectivity index (χ1v) is 17.0. The maximum Gasteiger partial charge on any atom is 0.144 e. The van der Waals surface area contributed by atoms with Crippen molar-refractivity contribution in [2.24, 2.45) is 11.8 Å². The molecule has 0 aliphatic heterocycles. The number of nitrogens with zero attached hydrogens (tertiary/aromatic N) is 1. The summed E-state index contributed by atoms with van der Waals surface area (Å²) in [6.45, 7) is 18.3. The Morgan fingerprint density at radius 2 is 1.54 bits per heavy atom. The lowest BCUT2D eigenvalue weighted by atomic mass is 9.72. The van der Waals surface area contributed by atoms with Crippen LogP contribution in [-0.2, 0) is 0 Å². The molecule has 3 heteroatoms. The minimum atomic E-state index is -1.62. The van der Waals surface area contributed by atoms with Crippen molar-refractivity contribution >= 4 is 35.2 Å². The highest BCUT2D eigenvalue weighted by Gasteiger charge is 2.29. The fraction of sp³-hybridized carbons (Fsp3) is 0.469. The van der Waals surface area contributed by atoms with Crippen LogP contribution in [0.25, 0.3) is 33.2 Å². The highest BCUT2D eigenvalue weighted by atomic mass is 28.3. The zero-order chi connectivity index (χ0) is 26.3. The van der Waals surface area contributed by atoms with E-state index in [-0.39, 0.29) is 0 Å². The van der Waals surface area contributed by atoms with Gasteiger partial charge in [0.2, 0.25) is 0 Å². The molecule has 0 spiro atoms. The van der Waals surface area contributed by atoms with Crippen LogP contribution in [0.5, 0.6) is 0 Å². The Kier molecular flexibility index (Phi) is 7.16. The minimum Gasteiger partial charge on any atom is -0.455 e. The number of furan rings is 1. The largest absolute Gasteiger partial charge is 0.455 e. The highest BCUT2D eigenvalue weighted by molar-refractivity contribution is 6.90. The van der Waals surface area contributed by atoms with Gasteiger partial charge in [-0.25, -0.2) is 0 Å². The molecule has 0 aliphatic carbocycles. The lowest BCUT2D eigenvalue weighted by Crippen LogP contribution is -2.37. The molecule has 0 bridgehead atoms. The van der Waals surface area contributed by atoms with E-state index in [1.807, 2.05) is 6.20 Å². The van der Waals surface area contributed by atoms with Gasteiger partial charge in [-0.2, -0.15) is 0 Å². The summed E-state index contributed by atoms with van der Waals surface area (Å²) in [6.07, 6.45) is 5.93. The van der Waals surface area contributed by atoms with E-state index >= 15 is 0 Å². The van der Waals surface area contributed by atoms with Crippen LogP contribution in [0.4, 0.5) is 0 Å². The van der Waals surface area contributed by atoms with Gasteiger partial charge >= 0.3 is 0 Å². The fourth-order valence-corrected chi connectivity index (χ4v) is 7.42. The van der Waals surface area contributed by atoms with Crippen molar-refractivity contribution in [3.05, 3.63) is 59.8 Å². The van der Waals surface area contributed by atoms with E-state index in [0.29, 0.717) is 11.8 Å². The second kappa shape index (κ2) is 10.3. The van der Waals surface area contributed by atoms with Crippen molar-refractivity contribution in [3.63, 3.8) is 0 Å². The molecule has 2 aromatic heterocycles. The number of benzene rings is 2. The molecule has 2 aromatic carbocycles. The van der Waals surface area contributed by atoms with Crippen LogP contribution < -0.4 is 5.19 Å². The van der Waals surface area contributed by atoms with Gasteiger partial charge < -0.3 is 4.42 Å². The molecule has 0 radical (unpaired) electrons. The maximum absolute atomic E-state index is 9.88. The molecule has 2 nitrogen and oxygen atoms in total. The topological polar surface area (TPSA) is 26.0 Å². The molecule has 0 saturated carbocycles. The maximum atomic E-state index is 9.88. The fourth-order valence-electron chi connectivity index (χ4n) is 5.84. The summed E-state index contributed by atoms with van der Waals surface area (Å²) >= 11 is 0. The van der Waals surface area contributed by atoms with Crippen LogP contribution in [0.3, 0.4) is 0 Å². The highest BCUT2D eigenvalue weighted by Crippen LogP contribution is 2.41. The zero-order valence-corrected chi connectivity index (χ0v) is 24.0. The Labute approximate surface area is 214 Å². The number of fused-ring (bicyclic) bond motifs is 3. The number of hydrogen-bond donors (Lipinski definition) is 0. The summed E-state index contributed by atoms with van der Waals surface area (Å²) in [4.78, 5) is 4.84. The van der Waals surface area contributed by atoms with Gasteiger partial charge in [0.25, 0.3) is 0 Å². The molecule has 4 rings (SSSR count). The first kappa shape index (κ1) is 24.3. The number of pyridine rings is 1. The van der Waals surface area contributed by atoms with Crippen molar-refractivity contribution in [1.29, 1.82) is 0 Å². The van der Waals surface area contributed by atoms with Crippen LogP contribution in [0.15, 0.2) is 53.1 Å². The summed E-state index contributed by atoms with van der Waals surface area (Å²) in [6, 6.07) is 15.3. The number of aromatic nitrogens is 1. The molecule has 186 valence electrons. The third-order valence-corrected chi connectivity index (χ3v) is 9.83. The quantitative estimate of drug-likeness (QED) is 0.220. The van der Waals surface area contributed by atoms with Crippen LogP contribution in [0.1, 0.15) is 71.8 Å². The third kappa shape index (κ3) is 4.85.